The Morgan fingerprint density at radius 3 is 1.97 bits per heavy atom. The third kappa shape index (κ3) is 3.17. The SMILES string of the molecule is CC(C)c1cccc(C(C)C)c1N1CC2(CC1(C)C)[C@H](C(C)C)CCCC21CC1. The number of para-hydroxylation sites is 1. The van der Waals surface area contributed by atoms with E-state index in [1.165, 1.54) is 45.1 Å². The van der Waals surface area contributed by atoms with E-state index in [-0.39, 0.29) is 5.54 Å². The summed E-state index contributed by atoms with van der Waals surface area (Å²) in [5.74, 6) is 2.82. The molecule has 1 aromatic rings. The summed E-state index contributed by atoms with van der Waals surface area (Å²) in [4.78, 5) is 2.90. The van der Waals surface area contributed by atoms with Crippen LogP contribution in [0.25, 0.3) is 0 Å². The van der Waals surface area contributed by atoms with Gasteiger partial charge in [0.25, 0.3) is 0 Å². The van der Waals surface area contributed by atoms with Crippen molar-refractivity contribution in [3.05, 3.63) is 29.3 Å². The average Bonchev–Trinajstić information content (AvgIpc) is 3.35. The molecule has 0 radical (unpaired) electrons. The lowest BCUT2D eigenvalue weighted by Crippen LogP contribution is -2.47. The molecule has 162 valence electrons. The Hall–Kier alpha value is -0.980. The van der Waals surface area contributed by atoms with Gasteiger partial charge in [-0.1, -0.05) is 66.2 Å². The Balaban J connectivity index is 1.85. The molecule has 1 saturated heterocycles. The first-order valence-electron chi connectivity index (χ1n) is 12.5. The fraction of sp³-hybridized carbons (Fsp3) is 0.786. The van der Waals surface area contributed by atoms with E-state index in [2.05, 4.69) is 78.5 Å². The van der Waals surface area contributed by atoms with Crippen molar-refractivity contribution in [2.45, 2.75) is 111 Å². The largest absolute Gasteiger partial charge is 0.365 e. The number of anilines is 1. The lowest BCUT2D eigenvalue weighted by atomic mass is 9.53. The van der Waals surface area contributed by atoms with Gasteiger partial charge in [-0.15, -0.1) is 0 Å². The van der Waals surface area contributed by atoms with Crippen LogP contribution in [0.2, 0.25) is 0 Å². The maximum Gasteiger partial charge on any atom is 0.0441 e. The summed E-state index contributed by atoms with van der Waals surface area (Å²) in [7, 11) is 0. The normalized spacial score (nSPS) is 30.3. The van der Waals surface area contributed by atoms with E-state index in [0.717, 1.165) is 11.8 Å². The Bertz CT molecular complexity index is 725. The van der Waals surface area contributed by atoms with Crippen LogP contribution in [0.4, 0.5) is 5.69 Å². The van der Waals surface area contributed by atoms with Crippen LogP contribution in [0, 0.1) is 22.7 Å². The van der Waals surface area contributed by atoms with Gasteiger partial charge < -0.3 is 4.90 Å². The summed E-state index contributed by atoms with van der Waals surface area (Å²) in [5.41, 5.74) is 6.10. The van der Waals surface area contributed by atoms with Gasteiger partial charge in [0.05, 0.1) is 0 Å². The number of fused-ring (bicyclic) bond motifs is 1. The van der Waals surface area contributed by atoms with E-state index in [1.807, 2.05) is 0 Å². The molecule has 0 aromatic heterocycles. The first-order chi connectivity index (χ1) is 13.5. The second kappa shape index (κ2) is 7.03. The molecule has 1 aromatic carbocycles. The molecule has 4 rings (SSSR count). The topological polar surface area (TPSA) is 3.24 Å². The minimum Gasteiger partial charge on any atom is -0.365 e. The molecule has 2 atom stereocenters. The zero-order chi connectivity index (χ0) is 21.2. The van der Waals surface area contributed by atoms with E-state index in [1.54, 1.807) is 16.8 Å². The van der Waals surface area contributed by atoms with Crippen molar-refractivity contribution >= 4 is 5.69 Å². The molecule has 1 unspecified atom stereocenters. The average molecular weight is 396 g/mol. The van der Waals surface area contributed by atoms with Crippen LogP contribution < -0.4 is 4.90 Å². The summed E-state index contributed by atoms with van der Waals surface area (Å²) < 4.78 is 0. The number of hydrogen-bond donors (Lipinski definition) is 0. The van der Waals surface area contributed by atoms with E-state index >= 15 is 0 Å². The number of rotatable bonds is 4. The predicted molar refractivity (Wildman–Crippen MR) is 127 cm³/mol. The van der Waals surface area contributed by atoms with E-state index in [4.69, 9.17) is 0 Å². The molecule has 1 heterocycles. The summed E-state index contributed by atoms with van der Waals surface area (Å²) in [6.45, 7) is 20.9. The van der Waals surface area contributed by atoms with Gasteiger partial charge in [-0.2, -0.15) is 0 Å². The molecule has 2 spiro atoms. The summed E-state index contributed by atoms with van der Waals surface area (Å²) in [6.07, 6.45) is 8.76. The van der Waals surface area contributed by atoms with Crippen LogP contribution in [-0.2, 0) is 0 Å². The third-order valence-corrected chi connectivity index (χ3v) is 9.13. The van der Waals surface area contributed by atoms with Crippen molar-refractivity contribution in [3.63, 3.8) is 0 Å². The van der Waals surface area contributed by atoms with Crippen molar-refractivity contribution in [1.82, 2.24) is 0 Å². The van der Waals surface area contributed by atoms with Gasteiger partial charge in [-0.25, -0.2) is 0 Å². The first-order valence-corrected chi connectivity index (χ1v) is 12.5. The molecule has 0 N–H and O–H groups in total. The third-order valence-electron chi connectivity index (χ3n) is 9.13. The summed E-state index contributed by atoms with van der Waals surface area (Å²) in [6, 6.07) is 7.11. The zero-order valence-corrected chi connectivity index (χ0v) is 20.4. The molecule has 0 bridgehead atoms. The Labute approximate surface area is 180 Å². The molecule has 3 fully saturated rings. The number of nitrogens with zero attached hydrogens (tertiary/aromatic N) is 1. The Kier molecular flexibility index (Phi) is 5.15. The number of hydrogen-bond acceptors (Lipinski definition) is 1. The van der Waals surface area contributed by atoms with Crippen LogP contribution in [0.5, 0.6) is 0 Å². The quantitative estimate of drug-likeness (QED) is 0.497. The van der Waals surface area contributed by atoms with Gasteiger partial charge in [0.1, 0.15) is 0 Å². The summed E-state index contributed by atoms with van der Waals surface area (Å²) in [5, 5.41) is 0. The summed E-state index contributed by atoms with van der Waals surface area (Å²) >= 11 is 0. The molecule has 2 aliphatic carbocycles. The minimum absolute atomic E-state index is 0.231. The van der Waals surface area contributed by atoms with Crippen LogP contribution in [-0.4, -0.2) is 12.1 Å². The fourth-order valence-corrected chi connectivity index (χ4v) is 7.68. The van der Waals surface area contributed by atoms with Crippen LogP contribution in [0.1, 0.15) is 117 Å². The van der Waals surface area contributed by atoms with Gasteiger partial charge in [0.15, 0.2) is 0 Å². The monoisotopic (exact) mass is 395 g/mol. The molecule has 1 aliphatic heterocycles. The van der Waals surface area contributed by atoms with Crippen molar-refractivity contribution in [2.24, 2.45) is 22.7 Å². The molecule has 1 heteroatoms. The Morgan fingerprint density at radius 2 is 1.48 bits per heavy atom. The highest BCUT2D eigenvalue weighted by molar-refractivity contribution is 5.65. The Morgan fingerprint density at radius 1 is 0.897 bits per heavy atom. The highest BCUT2D eigenvalue weighted by Crippen LogP contribution is 2.73. The second-order valence-electron chi connectivity index (χ2n) is 12.3. The zero-order valence-electron chi connectivity index (χ0n) is 20.4. The maximum absolute atomic E-state index is 2.90. The molecule has 1 nitrogen and oxygen atoms in total. The molecule has 29 heavy (non-hydrogen) atoms. The lowest BCUT2D eigenvalue weighted by Gasteiger charge is -2.51. The standard InChI is InChI=1S/C28H45N/c1-19(2)22-11-9-12-23(20(3)4)25(22)29-18-28(17-26(29,7)8)24(21(5)6)13-10-14-27(28)15-16-27/h9,11-12,19-21,24H,10,13-18H2,1-8H3/t24-,28?/m0/s1. The fourth-order valence-electron chi connectivity index (χ4n) is 7.68. The maximum atomic E-state index is 2.90. The molecular weight excluding hydrogens is 350 g/mol. The molecule has 2 saturated carbocycles. The smallest absolute Gasteiger partial charge is 0.0441 e. The van der Waals surface area contributed by atoms with Gasteiger partial charge in [0.2, 0.25) is 0 Å². The highest BCUT2D eigenvalue weighted by Gasteiger charge is 2.68. The van der Waals surface area contributed by atoms with Crippen LogP contribution in [0.15, 0.2) is 18.2 Å². The van der Waals surface area contributed by atoms with Gasteiger partial charge in [-0.05, 0) is 91.6 Å². The van der Waals surface area contributed by atoms with Crippen molar-refractivity contribution in [3.8, 4) is 0 Å². The van der Waals surface area contributed by atoms with E-state index < -0.39 is 0 Å². The predicted octanol–water partition coefficient (Wildman–Crippen LogP) is 8.14. The van der Waals surface area contributed by atoms with Gasteiger partial charge >= 0.3 is 0 Å². The molecule has 3 aliphatic rings. The first kappa shape index (κ1) is 21.3. The second-order valence-corrected chi connectivity index (χ2v) is 12.3. The van der Waals surface area contributed by atoms with Crippen molar-refractivity contribution < 1.29 is 0 Å². The highest BCUT2D eigenvalue weighted by atomic mass is 15.2. The van der Waals surface area contributed by atoms with E-state index in [0.29, 0.717) is 22.7 Å². The molecule has 0 amide bonds. The van der Waals surface area contributed by atoms with E-state index in [9.17, 15) is 0 Å². The van der Waals surface area contributed by atoms with Gasteiger partial charge in [0, 0.05) is 17.8 Å². The minimum atomic E-state index is 0.231. The van der Waals surface area contributed by atoms with Crippen molar-refractivity contribution in [1.29, 1.82) is 0 Å². The van der Waals surface area contributed by atoms with Crippen LogP contribution in [0.3, 0.4) is 0 Å². The van der Waals surface area contributed by atoms with Crippen LogP contribution >= 0.6 is 0 Å². The number of benzene rings is 1. The van der Waals surface area contributed by atoms with Gasteiger partial charge in [-0.3, -0.25) is 0 Å². The van der Waals surface area contributed by atoms with Crippen molar-refractivity contribution in [2.75, 3.05) is 11.4 Å². The molecular formula is C28H45N. The lowest BCUT2D eigenvalue weighted by molar-refractivity contribution is -0.00807.